The number of hydrogen-bond acceptors (Lipinski definition) is 4. The molecule has 2 rings (SSSR count). The lowest BCUT2D eigenvalue weighted by atomic mass is 10.0. The number of piperidine rings is 1. The normalized spacial score (nSPS) is 17.1. The molecule has 0 spiro atoms. The van der Waals surface area contributed by atoms with Crippen LogP contribution in [0.2, 0.25) is 0 Å². The molecule has 1 amide bonds. The number of rotatable bonds is 3. The minimum atomic E-state index is 0.0422. The Morgan fingerprint density at radius 2 is 2.06 bits per heavy atom. The number of aromatic nitrogens is 2. The molecule has 0 atom stereocenters. The van der Waals surface area contributed by atoms with E-state index in [9.17, 15) is 4.79 Å². The Bertz CT molecular complexity index is 360. The summed E-state index contributed by atoms with van der Waals surface area (Å²) in [5, 5.41) is 3.42. The van der Waals surface area contributed by atoms with E-state index in [4.69, 9.17) is 0 Å². The van der Waals surface area contributed by atoms with Crippen molar-refractivity contribution in [3.8, 4) is 0 Å². The van der Waals surface area contributed by atoms with Crippen molar-refractivity contribution in [2.24, 2.45) is 0 Å². The summed E-state index contributed by atoms with van der Waals surface area (Å²) in [5.74, 6) is 0.0422. The molecule has 1 aromatic rings. The number of hydrogen-bond donors (Lipinski definition) is 1. The highest BCUT2D eigenvalue weighted by Crippen LogP contribution is 2.12. The molecule has 1 saturated heterocycles. The smallest absolute Gasteiger partial charge is 0.256 e. The first-order chi connectivity index (χ1) is 8.31. The zero-order valence-corrected chi connectivity index (χ0v) is 10.1. The van der Waals surface area contributed by atoms with Crippen molar-refractivity contribution in [3.63, 3.8) is 0 Å². The maximum Gasteiger partial charge on any atom is 0.256 e. The molecular formula is C12H18N4O. The maximum absolute atomic E-state index is 12.1. The Morgan fingerprint density at radius 1 is 1.41 bits per heavy atom. The van der Waals surface area contributed by atoms with Crippen molar-refractivity contribution in [1.29, 1.82) is 0 Å². The molecule has 2 heterocycles. The van der Waals surface area contributed by atoms with Crippen LogP contribution in [-0.4, -0.2) is 46.5 Å². The van der Waals surface area contributed by atoms with Crippen LogP contribution in [0.15, 0.2) is 18.7 Å². The predicted molar refractivity (Wildman–Crippen MR) is 64.6 cm³/mol. The molecule has 0 bridgehead atoms. The van der Waals surface area contributed by atoms with Crippen molar-refractivity contribution in [2.75, 3.05) is 19.6 Å². The van der Waals surface area contributed by atoms with Gasteiger partial charge < -0.3 is 10.2 Å². The summed E-state index contributed by atoms with van der Waals surface area (Å²) in [5.41, 5.74) is 0.578. The van der Waals surface area contributed by atoms with Crippen molar-refractivity contribution < 1.29 is 4.79 Å². The maximum atomic E-state index is 12.1. The largest absolute Gasteiger partial charge is 0.338 e. The van der Waals surface area contributed by atoms with Crippen LogP contribution in [0.3, 0.4) is 0 Å². The molecular weight excluding hydrogens is 216 g/mol. The zero-order chi connectivity index (χ0) is 12.1. The van der Waals surface area contributed by atoms with E-state index in [1.807, 2.05) is 4.90 Å². The van der Waals surface area contributed by atoms with Gasteiger partial charge in [0.1, 0.15) is 6.33 Å². The van der Waals surface area contributed by atoms with E-state index in [0.717, 1.165) is 32.5 Å². The number of nitrogens with one attached hydrogen (secondary N) is 1. The number of likely N-dealkylation sites (tertiary alicyclic amines) is 1. The summed E-state index contributed by atoms with van der Waals surface area (Å²) >= 11 is 0. The van der Waals surface area contributed by atoms with Gasteiger partial charge in [0.15, 0.2) is 0 Å². The van der Waals surface area contributed by atoms with Gasteiger partial charge in [0, 0.05) is 31.5 Å². The molecule has 1 N–H and O–H groups in total. The van der Waals surface area contributed by atoms with Crippen molar-refractivity contribution in [1.82, 2.24) is 20.2 Å². The predicted octanol–water partition coefficient (Wildman–Crippen LogP) is 0.691. The highest BCUT2D eigenvalue weighted by molar-refractivity contribution is 5.93. The third-order valence-electron chi connectivity index (χ3n) is 3.08. The molecule has 5 heteroatoms. The van der Waals surface area contributed by atoms with Crippen molar-refractivity contribution >= 4 is 5.91 Å². The summed E-state index contributed by atoms with van der Waals surface area (Å²) < 4.78 is 0. The topological polar surface area (TPSA) is 58.1 Å². The first-order valence-electron chi connectivity index (χ1n) is 6.09. The highest BCUT2D eigenvalue weighted by Gasteiger charge is 2.23. The Balaban J connectivity index is 1.91. The average Bonchev–Trinajstić information content (AvgIpc) is 2.40. The minimum Gasteiger partial charge on any atom is -0.338 e. The van der Waals surface area contributed by atoms with Crippen LogP contribution in [0.25, 0.3) is 0 Å². The van der Waals surface area contributed by atoms with Gasteiger partial charge in [-0.15, -0.1) is 0 Å². The molecule has 5 nitrogen and oxygen atoms in total. The summed E-state index contributed by atoms with van der Waals surface area (Å²) in [6, 6.07) is 0.552. The summed E-state index contributed by atoms with van der Waals surface area (Å²) in [6.45, 7) is 4.72. The second-order valence-corrected chi connectivity index (χ2v) is 4.25. The molecule has 1 aliphatic heterocycles. The van der Waals surface area contributed by atoms with Crippen LogP contribution in [0, 0.1) is 0 Å². The zero-order valence-electron chi connectivity index (χ0n) is 10.1. The lowest BCUT2D eigenvalue weighted by Crippen LogP contribution is -2.44. The van der Waals surface area contributed by atoms with Gasteiger partial charge in [-0.25, -0.2) is 9.97 Å². The monoisotopic (exact) mass is 234 g/mol. The van der Waals surface area contributed by atoms with Crippen LogP contribution < -0.4 is 5.32 Å². The van der Waals surface area contributed by atoms with E-state index in [1.165, 1.54) is 6.33 Å². The first-order valence-corrected chi connectivity index (χ1v) is 6.09. The van der Waals surface area contributed by atoms with Crippen LogP contribution in [0.1, 0.15) is 30.1 Å². The van der Waals surface area contributed by atoms with E-state index >= 15 is 0 Å². The number of carbonyl (C=O) groups excluding carboxylic acids is 1. The average molecular weight is 234 g/mol. The second-order valence-electron chi connectivity index (χ2n) is 4.25. The molecule has 0 unspecified atom stereocenters. The van der Waals surface area contributed by atoms with Gasteiger partial charge in [-0.3, -0.25) is 4.79 Å². The van der Waals surface area contributed by atoms with Gasteiger partial charge in [0.05, 0.1) is 5.56 Å². The highest BCUT2D eigenvalue weighted by atomic mass is 16.2. The summed E-state index contributed by atoms with van der Waals surface area (Å²) in [4.78, 5) is 21.7. The van der Waals surface area contributed by atoms with Gasteiger partial charge in [-0.05, 0) is 19.4 Å². The Hall–Kier alpha value is -1.49. The van der Waals surface area contributed by atoms with E-state index in [1.54, 1.807) is 12.4 Å². The number of amides is 1. The van der Waals surface area contributed by atoms with E-state index < -0.39 is 0 Å². The fourth-order valence-electron chi connectivity index (χ4n) is 2.17. The molecule has 1 fully saturated rings. The third-order valence-corrected chi connectivity index (χ3v) is 3.08. The minimum absolute atomic E-state index is 0.0422. The van der Waals surface area contributed by atoms with Gasteiger partial charge >= 0.3 is 0 Å². The van der Waals surface area contributed by atoms with Crippen molar-refractivity contribution in [3.05, 3.63) is 24.3 Å². The number of nitrogens with zero attached hydrogens (tertiary/aromatic N) is 3. The van der Waals surface area contributed by atoms with Gasteiger partial charge in [0.25, 0.3) is 5.91 Å². The quantitative estimate of drug-likeness (QED) is 0.836. The molecule has 1 aliphatic rings. The SMILES string of the molecule is CCNC1CCN(C(=O)c2cncnc2)CC1. The molecule has 0 aromatic carbocycles. The summed E-state index contributed by atoms with van der Waals surface area (Å²) in [7, 11) is 0. The lowest BCUT2D eigenvalue weighted by Gasteiger charge is -2.32. The lowest BCUT2D eigenvalue weighted by molar-refractivity contribution is 0.0705. The third kappa shape index (κ3) is 3.00. The van der Waals surface area contributed by atoms with Crippen LogP contribution in [-0.2, 0) is 0 Å². The van der Waals surface area contributed by atoms with E-state index in [0.29, 0.717) is 11.6 Å². The molecule has 0 radical (unpaired) electrons. The molecule has 1 aromatic heterocycles. The molecule has 17 heavy (non-hydrogen) atoms. The molecule has 0 aliphatic carbocycles. The summed E-state index contributed by atoms with van der Waals surface area (Å²) in [6.07, 6.45) is 6.63. The van der Waals surface area contributed by atoms with Gasteiger partial charge in [-0.1, -0.05) is 6.92 Å². The van der Waals surface area contributed by atoms with Gasteiger partial charge in [0.2, 0.25) is 0 Å². The first kappa shape index (κ1) is 12.0. The van der Waals surface area contributed by atoms with Crippen molar-refractivity contribution in [2.45, 2.75) is 25.8 Å². The Morgan fingerprint density at radius 3 is 2.65 bits per heavy atom. The van der Waals surface area contributed by atoms with E-state index in [-0.39, 0.29) is 5.91 Å². The second kappa shape index (κ2) is 5.72. The standard InChI is InChI=1S/C12H18N4O/c1-2-15-11-3-5-16(6-4-11)12(17)10-7-13-9-14-8-10/h7-9,11,15H,2-6H2,1H3. The Labute approximate surface area is 101 Å². The van der Waals surface area contributed by atoms with Crippen LogP contribution >= 0.6 is 0 Å². The van der Waals surface area contributed by atoms with Crippen LogP contribution in [0.5, 0.6) is 0 Å². The fraction of sp³-hybridized carbons (Fsp3) is 0.583. The van der Waals surface area contributed by atoms with Crippen LogP contribution in [0.4, 0.5) is 0 Å². The molecule has 92 valence electrons. The number of carbonyl (C=O) groups is 1. The fourth-order valence-corrected chi connectivity index (χ4v) is 2.17. The Kier molecular flexibility index (Phi) is 4.03. The van der Waals surface area contributed by atoms with Gasteiger partial charge in [-0.2, -0.15) is 0 Å². The molecule has 0 saturated carbocycles. The van der Waals surface area contributed by atoms with E-state index in [2.05, 4.69) is 22.2 Å².